The van der Waals surface area contributed by atoms with Gasteiger partial charge >= 0.3 is 0 Å². The number of carboxylic acid groups (broad SMARTS) is 1. The number of carboxylic acids is 1. The zero-order valence-corrected chi connectivity index (χ0v) is 11.3. The molecular weight excluding hydrogens is 248 g/mol. The second-order valence-electron chi connectivity index (χ2n) is 4.88. The first kappa shape index (κ1) is 14.1. The van der Waals surface area contributed by atoms with Crippen LogP contribution in [0.25, 0.3) is 5.57 Å². The van der Waals surface area contributed by atoms with Gasteiger partial charge in [0.15, 0.2) is 0 Å². The number of benzene rings is 2. The second kappa shape index (κ2) is 6.71. The largest absolute Gasteiger partial charge is 0.550 e. The van der Waals surface area contributed by atoms with Crippen molar-refractivity contribution in [3.05, 3.63) is 78.4 Å². The number of carbonyl (C=O) groups excluding carboxylic acids is 1. The van der Waals surface area contributed by atoms with Crippen LogP contribution in [-0.2, 0) is 11.2 Å². The quantitative estimate of drug-likeness (QED) is 0.805. The maximum atomic E-state index is 11.3. The van der Waals surface area contributed by atoms with E-state index >= 15 is 0 Å². The van der Waals surface area contributed by atoms with Gasteiger partial charge in [0.1, 0.15) is 0 Å². The van der Waals surface area contributed by atoms with Gasteiger partial charge in [0.25, 0.3) is 0 Å². The van der Waals surface area contributed by atoms with Crippen molar-refractivity contribution in [2.24, 2.45) is 5.92 Å². The maximum Gasteiger partial charge on any atom is 0.0451 e. The molecule has 0 aliphatic rings. The zero-order valence-electron chi connectivity index (χ0n) is 11.3. The highest BCUT2D eigenvalue weighted by molar-refractivity contribution is 5.73. The molecule has 1 atom stereocenters. The average Bonchev–Trinajstić information content (AvgIpc) is 2.48. The molecule has 102 valence electrons. The highest BCUT2D eigenvalue weighted by Gasteiger charge is 2.13. The van der Waals surface area contributed by atoms with E-state index in [2.05, 4.69) is 6.58 Å². The summed E-state index contributed by atoms with van der Waals surface area (Å²) in [4.78, 5) is 11.3. The molecule has 0 saturated heterocycles. The Morgan fingerprint density at radius 1 is 1.00 bits per heavy atom. The summed E-state index contributed by atoms with van der Waals surface area (Å²) in [6.07, 6.45) is 0.871. The van der Waals surface area contributed by atoms with Gasteiger partial charge in [-0.05, 0) is 29.5 Å². The Kier molecular flexibility index (Phi) is 4.72. The molecule has 2 aromatic carbocycles. The van der Waals surface area contributed by atoms with E-state index in [1.807, 2.05) is 60.7 Å². The summed E-state index contributed by atoms with van der Waals surface area (Å²) < 4.78 is 0. The van der Waals surface area contributed by atoms with Gasteiger partial charge in [-0.15, -0.1) is 0 Å². The Morgan fingerprint density at radius 3 is 2.10 bits per heavy atom. The van der Waals surface area contributed by atoms with E-state index in [0.717, 1.165) is 16.7 Å². The molecule has 2 nitrogen and oxygen atoms in total. The van der Waals surface area contributed by atoms with Crippen molar-refractivity contribution in [1.29, 1.82) is 0 Å². The topological polar surface area (TPSA) is 40.1 Å². The van der Waals surface area contributed by atoms with Crippen molar-refractivity contribution in [2.75, 3.05) is 0 Å². The third kappa shape index (κ3) is 3.82. The Balaban J connectivity index is 2.07. The third-order valence-electron chi connectivity index (χ3n) is 3.33. The van der Waals surface area contributed by atoms with Crippen LogP contribution in [0.5, 0.6) is 0 Å². The minimum Gasteiger partial charge on any atom is -0.550 e. The molecule has 2 rings (SSSR count). The van der Waals surface area contributed by atoms with Gasteiger partial charge in [-0.1, -0.05) is 67.2 Å². The lowest BCUT2D eigenvalue weighted by atomic mass is 9.90. The standard InChI is InChI=1S/C18H18O2/c1-14(16-10-6-3-7-11-16)12-17(18(19)20)13-15-8-4-2-5-9-15/h2-11,17H,1,12-13H2,(H,19,20)/p-1/t17-/m1/s1. The predicted octanol–water partition coefficient (Wildman–Crippen LogP) is 2.70. The first-order chi connectivity index (χ1) is 9.66. The van der Waals surface area contributed by atoms with Crippen molar-refractivity contribution >= 4 is 11.5 Å². The lowest BCUT2D eigenvalue weighted by molar-refractivity contribution is -0.311. The molecular formula is C18H17O2-. The van der Waals surface area contributed by atoms with E-state index in [9.17, 15) is 9.90 Å². The minimum atomic E-state index is -1.02. The lowest BCUT2D eigenvalue weighted by Gasteiger charge is -2.19. The highest BCUT2D eigenvalue weighted by Crippen LogP contribution is 2.23. The van der Waals surface area contributed by atoms with Crippen LogP contribution >= 0.6 is 0 Å². The fourth-order valence-electron chi connectivity index (χ4n) is 2.23. The van der Waals surface area contributed by atoms with Crippen molar-refractivity contribution in [3.63, 3.8) is 0 Å². The molecule has 0 aromatic heterocycles. The fourth-order valence-corrected chi connectivity index (χ4v) is 2.23. The summed E-state index contributed by atoms with van der Waals surface area (Å²) >= 11 is 0. The molecule has 0 radical (unpaired) electrons. The molecule has 0 unspecified atom stereocenters. The first-order valence-electron chi connectivity index (χ1n) is 6.65. The van der Waals surface area contributed by atoms with Crippen molar-refractivity contribution in [3.8, 4) is 0 Å². The molecule has 2 heteroatoms. The molecule has 0 fully saturated rings. The highest BCUT2D eigenvalue weighted by atomic mass is 16.4. The fraction of sp³-hybridized carbons (Fsp3) is 0.167. The molecule has 0 heterocycles. The normalized spacial score (nSPS) is 11.8. The van der Waals surface area contributed by atoms with Crippen molar-refractivity contribution in [1.82, 2.24) is 0 Å². The predicted molar refractivity (Wildman–Crippen MR) is 78.7 cm³/mol. The number of aliphatic carboxylic acids is 1. The first-order valence-corrected chi connectivity index (χ1v) is 6.65. The Labute approximate surface area is 119 Å². The molecule has 0 amide bonds. The molecule has 0 aliphatic heterocycles. The van der Waals surface area contributed by atoms with Crippen molar-refractivity contribution < 1.29 is 9.90 Å². The summed E-state index contributed by atoms with van der Waals surface area (Å²) in [6, 6.07) is 19.3. The van der Waals surface area contributed by atoms with Crippen LogP contribution in [-0.4, -0.2) is 5.97 Å². The van der Waals surface area contributed by atoms with Gasteiger partial charge in [-0.3, -0.25) is 0 Å². The van der Waals surface area contributed by atoms with E-state index in [1.54, 1.807) is 0 Å². The summed E-state index contributed by atoms with van der Waals surface area (Å²) in [6.45, 7) is 4.00. The van der Waals surface area contributed by atoms with E-state index in [-0.39, 0.29) is 0 Å². The Morgan fingerprint density at radius 2 is 1.55 bits per heavy atom. The monoisotopic (exact) mass is 265 g/mol. The second-order valence-corrected chi connectivity index (χ2v) is 4.88. The molecule has 0 aliphatic carbocycles. The van der Waals surface area contributed by atoms with Crippen LogP contribution in [0.1, 0.15) is 17.5 Å². The van der Waals surface area contributed by atoms with E-state index in [0.29, 0.717) is 12.8 Å². The smallest absolute Gasteiger partial charge is 0.0451 e. The van der Waals surface area contributed by atoms with Crippen LogP contribution in [0.3, 0.4) is 0 Å². The molecule has 20 heavy (non-hydrogen) atoms. The van der Waals surface area contributed by atoms with Gasteiger partial charge in [0.2, 0.25) is 0 Å². The van der Waals surface area contributed by atoms with Crippen molar-refractivity contribution in [2.45, 2.75) is 12.8 Å². The summed E-state index contributed by atoms with van der Waals surface area (Å²) in [5, 5.41) is 11.3. The van der Waals surface area contributed by atoms with Crippen LogP contribution in [0.2, 0.25) is 0 Å². The minimum absolute atomic E-state index is 0.404. The summed E-state index contributed by atoms with van der Waals surface area (Å²) in [5.74, 6) is -1.57. The molecule has 0 saturated carbocycles. The molecule has 2 aromatic rings. The molecule has 0 spiro atoms. The average molecular weight is 265 g/mol. The summed E-state index contributed by atoms with van der Waals surface area (Å²) in [5.41, 5.74) is 2.81. The number of carbonyl (C=O) groups is 1. The summed E-state index contributed by atoms with van der Waals surface area (Å²) in [7, 11) is 0. The van der Waals surface area contributed by atoms with Gasteiger partial charge in [0.05, 0.1) is 0 Å². The number of hydrogen-bond donors (Lipinski definition) is 0. The van der Waals surface area contributed by atoms with Gasteiger partial charge in [-0.25, -0.2) is 0 Å². The van der Waals surface area contributed by atoms with Gasteiger partial charge in [-0.2, -0.15) is 0 Å². The maximum absolute atomic E-state index is 11.3. The zero-order chi connectivity index (χ0) is 14.4. The molecule has 0 bridgehead atoms. The lowest BCUT2D eigenvalue weighted by Crippen LogP contribution is -2.32. The number of hydrogen-bond acceptors (Lipinski definition) is 2. The van der Waals surface area contributed by atoms with Gasteiger partial charge in [0, 0.05) is 11.9 Å². The SMILES string of the molecule is C=C(C[C@H](Cc1ccccc1)C(=O)[O-])c1ccccc1. The van der Waals surface area contributed by atoms with Crippen LogP contribution < -0.4 is 5.11 Å². The van der Waals surface area contributed by atoms with E-state index in [4.69, 9.17) is 0 Å². The van der Waals surface area contributed by atoms with Crippen LogP contribution in [0.15, 0.2) is 67.2 Å². The van der Waals surface area contributed by atoms with E-state index < -0.39 is 11.9 Å². The third-order valence-corrected chi connectivity index (χ3v) is 3.33. The van der Waals surface area contributed by atoms with Crippen LogP contribution in [0.4, 0.5) is 0 Å². The Bertz CT molecular complexity index is 573. The van der Waals surface area contributed by atoms with Crippen LogP contribution in [0, 0.1) is 5.92 Å². The van der Waals surface area contributed by atoms with Gasteiger partial charge < -0.3 is 9.90 Å². The number of rotatable bonds is 6. The number of allylic oxidation sites excluding steroid dienone is 1. The molecule has 0 N–H and O–H groups in total. The Hall–Kier alpha value is -2.35. The van der Waals surface area contributed by atoms with E-state index in [1.165, 1.54) is 0 Å².